The summed E-state index contributed by atoms with van der Waals surface area (Å²) >= 11 is 5.08. The van der Waals surface area contributed by atoms with E-state index in [2.05, 4.69) is 0 Å². The van der Waals surface area contributed by atoms with Gasteiger partial charge in [-0.3, -0.25) is 0 Å². The van der Waals surface area contributed by atoms with Gasteiger partial charge in [-0.15, -0.1) is 0 Å². The van der Waals surface area contributed by atoms with Crippen molar-refractivity contribution in [1.82, 2.24) is 0 Å². The van der Waals surface area contributed by atoms with E-state index in [1.54, 1.807) is 12.1 Å². The molecule has 0 atom stereocenters. The van der Waals surface area contributed by atoms with Crippen molar-refractivity contribution in [2.45, 2.75) is 6.92 Å². The van der Waals surface area contributed by atoms with Crippen LogP contribution < -0.4 is 9.47 Å². The molecular weight excluding hydrogens is 192 g/mol. The third kappa shape index (κ3) is 2.63. The molecule has 1 rings (SSSR count). The fraction of sp³-hybridized carbons (Fsp3) is 0.222. The molecule has 4 heteroatoms. The number of methoxy groups -OCH3 is 1. The van der Waals surface area contributed by atoms with Crippen LogP contribution in [0.4, 0.5) is 4.79 Å². The summed E-state index contributed by atoms with van der Waals surface area (Å²) in [6.07, 6.45) is 0. The Morgan fingerprint density at radius 3 is 2.62 bits per heavy atom. The molecule has 0 saturated carbocycles. The highest BCUT2D eigenvalue weighted by Crippen LogP contribution is 2.28. The summed E-state index contributed by atoms with van der Waals surface area (Å²) in [6.45, 7) is 1.88. The largest absolute Gasteiger partial charge is 0.493 e. The maximum atomic E-state index is 10.5. The third-order valence-corrected chi connectivity index (χ3v) is 1.59. The second kappa shape index (κ2) is 4.14. The molecule has 0 heterocycles. The molecule has 0 aliphatic rings. The number of carbonyl (C=O) groups is 1. The smallest absolute Gasteiger partial charge is 0.409 e. The molecule has 1 aromatic carbocycles. The van der Waals surface area contributed by atoms with Crippen molar-refractivity contribution < 1.29 is 14.3 Å². The minimum absolute atomic E-state index is 0.336. The lowest BCUT2D eigenvalue weighted by Gasteiger charge is -2.07. The highest BCUT2D eigenvalue weighted by atomic mass is 35.5. The van der Waals surface area contributed by atoms with Crippen molar-refractivity contribution in [3.63, 3.8) is 0 Å². The molecule has 0 aromatic heterocycles. The number of hydrogen-bond donors (Lipinski definition) is 0. The first kappa shape index (κ1) is 9.86. The van der Waals surface area contributed by atoms with Gasteiger partial charge in [-0.05, 0) is 24.6 Å². The van der Waals surface area contributed by atoms with Crippen molar-refractivity contribution in [3.8, 4) is 11.5 Å². The minimum Gasteiger partial charge on any atom is -0.493 e. The predicted octanol–water partition coefficient (Wildman–Crippen LogP) is 2.74. The van der Waals surface area contributed by atoms with E-state index in [1.807, 2.05) is 13.0 Å². The fourth-order valence-electron chi connectivity index (χ4n) is 0.950. The lowest BCUT2D eigenvalue weighted by molar-refractivity contribution is 0.223. The second-order valence-electron chi connectivity index (χ2n) is 2.49. The average Bonchev–Trinajstić information content (AvgIpc) is 2.03. The summed E-state index contributed by atoms with van der Waals surface area (Å²) < 4.78 is 9.68. The number of aryl methyl sites for hydroxylation is 1. The quantitative estimate of drug-likeness (QED) is 0.689. The van der Waals surface area contributed by atoms with Crippen LogP contribution in [-0.2, 0) is 0 Å². The Bertz CT molecular complexity index is 323. The lowest BCUT2D eigenvalue weighted by Crippen LogP contribution is -1.98. The summed E-state index contributed by atoms with van der Waals surface area (Å²) in [5.41, 5.74) is 0.0950. The maximum Gasteiger partial charge on any atom is 0.409 e. The predicted molar refractivity (Wildman–Crippen MR) is 49.6 cm³/mol. The molecule has 0 aliphatic carbocycles. The number of carbonyl (C=O) groups excluding carboxylic acids is 1. The van der Waals surface area contributed by atoms with Gasteiger partial charge in [0.05, 0.1) is 7.11 Å². The van der Waals surface area contributed by atoms with E-state index < -0.39 is 5.43 Å². The third-order valence-electron chi connectivity index (χ3n) is 1.51. The molecule has 0 spiro atoms. The van der Waals surface area contributed by atoms with Crippen LogP contribution in [0.15, 0.2) is 18.2 Å². The first-order chi connectivity index (χ1) is 6.13. The van der Waals surface area contributed by atoms with Crippen molar-refractivity contribution in [3.05, 3.63) is 23.8 Å². The molecule has 70 valence electrons. The summed E-state index contributed by atoms with van der Waals surface area (Å²) in [7, 11) is 1.50. The molecule has 0 aliphatic heterocycles. The van der Waals surface area contributed by atoms with E-state index in [1.165, 1.54) is 7.11 Å². The van der Waals surface area contributed by atoms with Gasteiger partial charge in [0.2, 0.25) is 0 Å². The van der Waals surface area contributed by atoms with Gasteiger partial charge >= 0.3 is 5.43 Å². The number of halogens is 1. The highest BCUT2D eigenvalue weighted by molar-refractivity contribution is 6.61. The fourth-order valence-corrected chi connectivity index (χ4v) is 1.03. The van der Waals surface area contributed by atoms with E-state index >= 15 is 0 Å². The van der Waals surface area contributed by atoms with Crippen LogP contribution >= 0.6 is 11.6 Å². The van der Waals surface area contributed by atoms with Crippen molar-refractivity contribution >= 4 is 17.0 Å². The van der Waals surface area contributed by atoms with E-state index in [0.29, 0.717) is 11.5 Å². The van der Waals surface area contributed by atoms with Gasteiger partial charge in [0.15, 0.2) is 11.5 Å². The van der Waals surface area contributed by atoms with Gasteiger partial charge in [-0.25, -0.2) is 4.79 Å². The van der Waals surface area contributed by atoms with Crippen LogP contribution in [0.3, 0.4) is 0 Å². The average molecular weight is 201 g/mol. The molecule has 0 N–H and O–H groups in total. The van der Waals surface area contributed by atoms with Crippen LogP contribution in [0.2, 0.25) is 0 Å². The Hall–Kier alpha value is -1.22. The van der Waals surface area contributed by atoms with E-state index in [-0.39, 0.29) is 0 Å². The Balaban J connectivity index is 3.01. The van der Waals surface area contributed by atoms with Gasteiger partial charge in [0, 0.05) is 11.6 Å². The molecule has 1 aromatic rings. The zero-order chi connectivity index (χ0) is 9.84. The molecule has 0 unspecified atom stereocenters. The minimum atomic E-state index is -0.871. The zero-order valence-electron chi connectivity index (χ0n) is 7.33. The molecule has 13 heavy (non-hydrogen) atoms. The first-order valence-corrected chi connectivity index (χ1v) is 4.03. The van der Waals surface area contributed by atoms with Crippen molar-refractivity contribution in [2.24, 2.45) is 0 Å². The van der Waals surface area contributed by atoms with Crippen LogP contribution in [0.25, 0.3) is 0 Å². The maximum absolute atomic E-state index is 10.5. The van der Waals surface area contributed by atoms with E-state index in [0.717, 1.165) is 5.56 Å². The zero-order valence-corrected chi connectivity index (χ0v) is 8.09. The Morgan fingerprint density at radius 1 is 1.38 bits per heavy atom. The van der Waals surface area contributed by atoms with Crippen molar-refractivity contribution in [1.29, 1.82) is 0 Å². The Kier molecular flexibility index (Phi) is 3.14. The molecule has 0 bridgehead atoms. The summed E-state index contributed by atoms with van der Waals surface area (Å²) in [4.78, 5) is 10.5. The van der Waals surface area contributed by atoms with Gasteiger partial charge < -0.3 is 9.47 Å². The van der Waals surface area contributed by atoms with Gasteiger partial charge in [0.25, 0.3) is 0 Å². The highest BCUT2D eigenvalue weighted by Gasteiger charge is 2.07. The lowest BCUT2D eigenvalue weighted by atomic mass is 10.2. The number of benzene rings is 1. The monoisotopic (exact) mass is 200 g/mol. The van der Waals surface area contributed by atoms with Crippen LogP contribution in [0, 0.1) is 6.92 Å². The normalized spacial score (nSPS) is 9.46. The summed E-state index contributed by atoms with van der Waals surface area (Å²) in [6, 6.07) is 5.24. The molecule has 0 fully saturated rings. The number of ether oxygens (including phenoxy) is 2. The molecule has 0 saturated heterocycles. The first-order valence-electron chi connectivity index (χ1n) is 3.65. The second-order valence-corrected chi connectivity index (χ2v) is 2.80. The number of hydrogen-bond acceptors (Lipinski definition) is 3. The summed E-state index contributed by atoms with van der Waals surface area (Å²) in [5.74, 6) is 0.821. The van der Waals surface area contributed by atoms with Crippen LogP contribution in [-0.4, -0.2) is 12.5 Å². The SMILES string of the molecule is COc1ccc(C)cc1OC(=O)Cl. The Morgan fingerprint density at radius 2 is 2.08 bits per heavy atom. The van der Waals surface area contributed by atoms with Gasteiger partial charge in [0.1, 0.15) is 0 Å². The molecule has 0 amide bonds. The van der Waals surface area contributed by atoms with E-state index in [4.69, 9.17) is 21.1 Å². The Labute approximate surface area is 81.2 Å². The molecule has 0 radical (unpaired) electrons. The standard InChI is InChI=1S/C9H9ClO3/c1-6-3-4-7(12-2)8(5-6)13-9(10)11/h3-5H,1-2H3. The van der Waals surface area contributed by atoms with Gasteiger partial charge in [-0.2, -0.15) is 0 Å². The molecular formula is C9H9ClO3. The number of rotatable bonds is 2. The molecule has 3 nitrogen and oxygen atoms in total. The van der Waals surface area contributed by atoms with Crippen LogP contribution in [0.1, 0.15) is 5.56 Å². The topological polar surface area (TPSA) is 35.5 Å². The van der Waals surface area contributed by atoms with E-state index in [9.17, 15) is 4.79 Å². The summed E-state index contributed by atoms with van der Waals surface area (Å²) in [5, 5.41) is 0. The van der Waals surface area contributed by atoms with Crippen LogP contribution in [0.5, 0.6) is 11.5 Å². The van der Waals surface area contributed by atoms with Gasteiger partial charge in [-0.1, -0.05) is 6.07 Å². The van der Waals surface area contributed by atoms with Crippen molar-refractivity contribution in [2.75, 3.05) is 7.11 Å².